The van der Waals surface area contributed by atoms with Crippen LogP contribution in [-0.4, -0.2) is 44.6 Å². The SMILES string of the molecule is CCN(CC)c1nc(NC[C@H]2CC[C@H](CNS(=O)(=O)c3ccc(F)cc3)CC2)nc2ccccc12. The number of sulfonamides is 1. The molecule has 1 aliphatic rings. The van der Waals surface area contributed by atoms with Gasteiger partial charge in [-0.15, -0.1) is 0 Å². The standard InChI is InChI=1S/C26H34FN5O2S/c1-3-32(4-2)25-23-7-5-6-8-24(23)30-26(31-25)28-17-19-9-11-20(12-10-19)18-29-35(33,34)22-15-13-21(27)14-16-22/h5-8,13-16,19-20,29H,3-4,9-12,17-18H2,1-2H3,(H,28,30,31)/t19-,20-. The molecule has 1 saturated carbocycles. The molecular weight excluding hydrogens is 465 g/mol. The van der Waals surface area contributed by atoms with E-state index in [2.05, 4.69) is 34.9 Å². The zero-order valence-electron chi connectivity index (χ0n) is 20.4. The fraction of sp³-hybridized carbons (Fsp3) is 0.462. The number of halogens is 1. The van der Waals surface area contributed by atoms with E-state index in [9.17, 15) is 12.8 Å². The smallest absolute Gasteiger partial charge is 0.240 e. The van der Waals surface area contributed by atoms with Crippen LogP contribution in [0.1, 0.15) is 39.5 Å². The van der Waals surface area contributed by atoms with E-state index >= 15 is 0 Å². The van der Waals surface area contributed by atoms with Crippen molar-refractivity contribution < 1.29 is 12.8 Å². The number of anilines is 2. The van der Waals surface area contributed by atoms with Crippen LogP contribution in [0.3, 0.4) is 0 Å². The van der Waals surface area contributed by atoms with E-state index in [1.54, 1.807) is 0 Å². The van der Waals surface area contributed by atoms with Crippen molar-refractivity contribution in [2.75, 3.05) is 36.4 Å². The summed E-state index contributed by atoms with van der Waals surface area (Å²) in [7, 11) is -3.62. The Kier molecular flexibility index (Phi) is 8.18. The molecule has 0 bridgehead atoms. The van der Waals surface area contributed by atoms with Gasteiger partial charge in [0.15, 0.2) is 0 Å². The molecule has 1 aromatic heterocycles. The normalized spacial score (nSPS) is 18.5. The van der Waals surface area contributed by atoms with Gasteiger partial charge in [0.2, 0.25) is 16.0 Å². The molecule has 0 atom stereocenters. The number of benzene rings is 2. The minimum absolute atomic E-state index is 0.0938. The molecule has 0 saturated heterocycles. The van der Waals surface area contributed by atoms with E-state index in [1.807, 2.05) is 18.2 Å². The summed E-state index contributed by atoms with van der Waals surface area (Å²) in [6.45, 7) is 7.22. The van der Waals surface area contributed by atoms with Crippen LogP contribution in [0.4, 0.5) is 16.2 Å². The van der Waals surface area contributed by atoms with Gasteiger partial charge in [0.05, 0.1) is 10.4 Å². The van der Waals surface area contributed by atoms with Crippen molar-refractivity contribution in [1.29, 1.82) is 0 Å². The number of nitrogens with one attached hydrogen (secondary N) is 2. The molecule has 1 aliphatic carbocycles. The molecular formula is C26H34FN5O2S. The van der Waals surface area contributed by atoms with Crippen LogP contribution >= 0.6 is 0 Å². The second-order valence-corrected chi connectivity index (χ2v) is 10.9. The molecule has 0 unspecified atom stereocenters. The van der Waals surface area contributed by atoms with Crippen molar-refractivity contribution >= 4 is 32.7 Å². The first-order chi connectivity index (χ1) is 16.9. The lowest BCUT2D eigenvalue weighted by atomic mass is 9.82. The topological polar surface area (TPSA) is 87.2 Å². The Morgan fingerprint density at radius 1 is 0.914 bits per heavy atom. The van der Waals surface area contributed by atoms with Crippen LogP contribution in [0.15, 0.2) is 53.4 Å². The molecule has 4 rings (SSSR count). The van der Waals surface area contributed by atoms with Gasteiger partial charge in [0.1, 0.15) is 11.6 Å². The van der Waals surface area contributed by atoms with E-state index in [4.69, 9.17) is 9.97 Å². The van der Waals surface area contributed by atoms with Gasteiger partial charge in [-0.25, -0.2) is 22.5 Å². The highest BCUT2D eigenvalue weighted by Gasteiger charge is 2.24. The zero-order valence-corrected chi connectivity index (χ0v) is 21.2. The van der Waals surface area contributed by atoms with Crippen LogP contribution in [0.5, 0.6) is 0 Å². The van der Waals surface area contributed by atoms with Gasteiger partial charge in [0, 0.05) is 31.6 Å². The summed E-state index contributed by atoms with van der Waals surface area (Å²) in [5.74, 6) is 1.95. The summed E-state index contributed by atoms with van der Waals surface area (Å²) in [4.78, 5) is 11.9. The summed E-state index contributed by atoms with van der Waals surface area (Å²) >= 11 is 0. The Morgan fingerprint density at radius 2 is 1.54 bits per heavy atom. The first kappa shape index (κ1) is 25.3. The maximum atomic E-state index is 13.1. The average molecular weight is 500 g/mol. The first-order valence-electron chi connectivity index (χ1n) is 12.4. The quantitative estimate of drug-likeness (QED) is 0.416. The second-order valence-electron chi connectivity index (χ2n) is 9.13. The minimum Gasteiger partial charge on any atom is -0.356 e. The van der Waals surface area contributed by atoms with Crippen molar-refractivity contribution in [2.24, 2.45) is 11.8 Å². The Bertz CT molecular complexity index is 1220. The predicted octanol–water partition coefficient (Wildman–Crippen LogP) is 4.81. The highest BCUT2D eigenvalue weighted by atomic mass is 32.2. The fourth-order valence-corrected chi connectivity index (χ4v) is 5.82. The predicted molar refractivity (Wildman–Crippen MR) is 139 cm³/mol. The zero-order chi connectivity index (χ0) is 24.8. The number of rotatable bonds is 10. The lowest BCUT2D eigenvalue weighted by molar-refractivity contribution is 0.284. The number of para-hydroxylation sites is 1. The molecule has 1 heterocycles. The lowest BCUT2D eigenvalue weighted by Gasteiger charge is -2.29. The highest BCUT2D eigenvalue weighted by molar-refractivity contribution is 7.89. The average Bonchev–Trinajstić information content (AvgIpc) is 2.88. The van der Waals surface area contributed by atoms with Gasteiger partial charge >= 0.3 is 0 Å². The molecule has 3 aromatic rings. The molecule has 188 valence electrons. The van der Waals surface area contributed by atoms with Crippen LogP contribution in [0.2, 0.25) is 0 Å². The highest BCUT2D eigenvalue weighted by Crippen LogP contribution is 2.30. The Morgan fingerprint density at radius 3 is 2.20 bits per heavy atom. The van der Waals surface area contributed by atoms with Crippen LogP contribution in [0, 0.1) is 17.7 Å². The number of aromatic nitrogens is 2. The minimum atomic E-state index is -3.62. The molecule has 0 radical (unpaired) electrons. The summed E-state index contributed by atoms with van der Waals surface area (Å²) in [6, 6.07) is 13.0. The third-order valence-electron chi connectivity index (χ3n) is 6.85. The van der Waals surface area contributed by atoms with Crippen molar-refractivity contribution in [3.8, 4) is 0 Å². The van der Waals surface area contributed by atoms with Gasteiger partial charge in [-0.3, -0.25) is 0 Å². The molecule has 35 heavy (non-hydrogen) atoms. The van der Waals surface area contributed by atoms with Crippen LogP contribution in [-0.2, 0) is 10.0 Å². The van der Waals surface area contributed by atoms with Gasteiger partial charge in [-0.1, -0.05) is 12.1 Å². The second kappa shape index (κ2) is 11.3. The summed E-state index contributed by atoms with van der Waals surface area (Å²) < 4.78 is 40.7. The van der Waals surface area contributed by atoms with Crippen molar-refractivity contribution in [1.82, 2.24) is 14.7 Å². The van der Waals surface area contributed by atoms with E-state index in [1.165, 1.54) is 12.1 Å². The molecule has 2 aromatic carbocycles. The summed E-state index contributed by atoms with van der Waals surface area (Å²) in [5, 5.41) is 4.52. The molecule has 0 aliphatic heterocycles. The van der Waals surface area contributed by atoms with E-state index in [0.29, 0.717) is 24.3 Å². The summed E-state index contributed by atoms with van der Waals surface area (Å²) in [5.41, 5.74) is 0.934. The third kappa shape index (κ3) is 6.27. The van der Waals surface area contributed by atoms with Crippen molar-refractivity contribution in [3.63, 3.8) is 0 Å². The van der Waals surface area contributed by atoms with Gasteiger partial charge in [0.25, 0.3) is 0 Å². The summed E-state index contributed by atoms with van der Waals surface area (Å²) in [6.07, 6.45) is 3.96. The van der Waals surface area contributed by atoms with E-state index < -0.39 is 15.8 Å². The van der Waals surface area contributed by atoms with Gasteiger partial charge < -0.3 is 10.2 Å². The van der Waals surface area contributed by atoms with E-state index in [0.717, 1.165) is 74.2 Å². The van der Waals surface area contributed by atoms with E-state index in [-0.39, 0.29) is 4.90 Å². The fourth-order valence-electron chi connectivity index (χ4n) is 4.70. The number of hydrogen-bond donors (Lipinski definition) is 2. The molecule has 7 nitrogen and oxygen atoms in total. The first-order valence-corrected chi connectivity index (χ1v) is 13.9. The Hall–Kier alpha value is -2.78. The van der Waals surface area contributed by atoms with Gasteiger partial charge in [-0.2, -0.15) is 4.98 Å². The largest absolute Gasteiger partial charge is 0.356 e. The maximum absolute atomic E-state index is 13.1. The number of nitrogens with zero attached hydrogens (tertiary/aromatic N) is 3. The molecule has 2 N–H and O–H groups in total. The monoisotopic (exact) mass is 499 g/mol. The lowest BCUT2D eigenvalue weighted by Crippen LogP contribution is -2.32. The Labute approximate surface area is 207 Å². The molecule has 0 spiro atoms. The number of fused-ring (bicyclic) bond motifs is 1. The van der Waals surface area contributed by atoms with Crippen LogP contribution < -0.4 is 14.9 Å². The van der Waals surface area contributed by atoms with Crippen molar-refractivity contribution in [3.05, 3.63) is 54.3 Å². The number of hydrogen-bond acceptors (Lipinski definition) is 6. The third-order valence-corrected chi connectivity index (χ3v) is 8.29. The van der Waals surface area contributed by atoms with Crippen LogP contribution in [0.25, 0.3) is 10.9 Å². The van der Waals surface area contributed by atoms with Gasteiger partial charge in [-0.05, 0) is 87.8 Å². The molecule has 1 fully saturated rings. The molecule has 9 heteroatoms. The Balaban J connectivity index is 1.30. The maximum Gasteiger partial charge on any atom is 0.240 e. The van der Waals surface area contributed by atoms with Crippen molar-refractivity contribution in [2.45, 2.75) is 44.4 Å². The molecule has 0 amide bonds.